The minimum Gasteiger partial charge on any atom is -0.497 e. The van der Waals surface area contributed by atoms with Gasteiger partial charge in [-0.3, -0.25) is 14.8 Å². The highest BCUT2D eigenvalue weighted by Gasteiger charge is 2.25. The van der Waals surface area contributed by atoms with Crippen molar-refractivity contribution in [1.29, 1.82) is 0 Å². The van der Waals surface area contributed by atoms with E-state index in [2.05, 4.69) is 4.72 Å². The summed E-state index contributed by atoms with van der Waals surface area (Å²) >= 11 is 0. The summed E-state index contributed by atoms with van der Waals surface area (Å²) in [6, 6.07) is 17.1. The van der Waals surface area contributed by atoms with Gasteiger partial charge in [0.25, 0.3) is 15.7 Å². The molecule has 0 spiro atoms. The van der Waals surface area contributed by atoms with Gasteiger partial charge in [-0.05, 0) is 42.0 Å². The van der Waals surface area contributed by atoms with Crippen LogP contribution in [0.2, 0.25) is 0 Å². The first kappa shape index (κ1) is 20.2. The van der Waals surface area contributed by atoms with E-state index in [9.17, 15) is 18.5 Å². The highest BCUT2D eigenvalue weighted by molar-refractivity contribution is 7.92. The molecule has 0 saturated heterocycles. The Morgan fingerprint density at radius 1 is 0.931 bits per heavy atom. The van der Waals surface area contributed by atoms with Crippen molar-refractivity contribution in [3.05, 3.63) is 76.8 Å². The fourth-order valence-electron chi connectivity index (χ4n) is 2.81. The van der Waals surface area contributed by atoms with Crippen molar-refractivity contribution in [2.24, 2.45) is 0 Å². The normalized spacial score (nSPS) is 11.0. The number of anilines is 1. The maximum absolute atomic E-state index is 12.7. The molecule has 0 aliphatic heterocycles. The molecule has 0 aliphatic rings. The summed E-state index contributed by atoms with van der Waals surface area (Å²) in [7, 11) is -1.09. The third-order valence-corrected chi connectivity index (χ3v) is 5.63. The molecule has 0 fully saturated rings. The van der Waals surface area contributed by atoms with Crippen LogP contribution in [-0.2, 0) is 10.0 Å². The van der Waals surface area contributed by atoms with Gasteiger partial charge in [-0.15, -0.1) is 0 Å². The Hall–Kier alpha value is -3.59. The van der Waals surface area contributed by atoms with Crippen LogP contribution >= 0.6 is 0 Å². The summed E-state index contributed by atoms with van der Waals surface area (Å²) in [5.74, 6) is 1.23. The number of nitro groups is 1. The molecule has 0 aliphatic carbocycles. The lowest BCUT2D eigenvalue weighted by atomic mass is 10.0. The van der Waals surface area contributed by atoms with Gasteiger partial charge in [0.05, 0.1) is 19.1 Å². The van der Waals surface area contributed by atoms with E-state index in [1.165, 1.54) is 31.4 Å². The zero-order chi connectivity index (χ0) is 21.0. The number of ether oxygens (including phenoxy) is 2. The molecule has 9 heteroatoms. The maximum Gasteiger partial charge on any atom is 0.289 e. The highest BCUT2D eigenvalue weighted by atomic mass is 32.2. The molecule has 3 rings (SSSR count). The molecule has 29 heavy (non-hydrogen) atoms. The van der Waals surface area contributed by atoms with E-state index in [-0.39, 0.29) is 5.69 Å². The second-order valence-corrected chi connectivity index (χ2v) is 7.62. The molecule has 3 aromatic rings. The molecule has 150 valence electrons. The van der Waals surface area contributed by atoms with Crippen molar-refractivity contribution >= 4 is 21.4 Å². The van der Waals surface area contributed by atoms with Crippen LogP contribution in [-0.4, -0.2) is 27.6 Å². The fourth-order valence-corrected chi connectivity index (χ4v) is 4.04. The van der Waals surface area contributed by atoms with E-state index in [0.717, 1.165) is 11.6 Å². The van der Waals surface area contributed by atoms with Crippen LogP contribution in [0.5, 0.6) is 11.5 Å². The number of rotatable bonds is 7. The SMILES string of the molecule is COc1ccc(-c2cc(NS(=O)(=O)c3ccccc3[N+](=O)[O-])ccc2OC)cc1. The molecule has 1 N–H and O–H groups in total. The topological polar surface area (TPSA) is 108 Å². The summed E-state index contributed by atoms with van der Waals surface area (Å²) in [6.45, 7) is 0. The Labute approximate surface area is 167 Å². The molecule has 0 bridgehead atoms. The monoisotopic (exact) mass is 414 g/mol. The van der Waals surface area contributed by atoms with Crippen LogP contribution in [0.3, 0.4) is 0 Å². The lowest BCUT2D eigenvalue weighted by Crippen LogP contribution is -2.14. The van der Waals surface area contributed by atoms with Gasteiger partial charge in [0.2, 0.25) is 0 Å². The predicted octanol–water partition coefficient (Wildman–Crippen LogP) is 4.08. The molecule has 0 atom stereocenters. The number of nitro benzene ring substituents is 1. The third kappa shape index (κ3) is 4.30. The van der Waals surface area contributed by atoms with E-state index < -0.39 is 25.5 Å². The molecular formula is C20H18N2O6S. The van der Waals surface area contributed by atoms with Crippen molar-refractivity contribution in [1.82, 2.24) is 0 Å². The summed E-state index contributed by atoms with van der Waals surface area (Å²) in [5, 5.41) is 11.2. The average molecular weight is 414 g/mol. The number of nitrogens with zero attached hydrogens (tertiary/aromatic N) is 1. The summed E-state index contributed by atoms with van der Waals surface area (Å²) in [5.41, 5.74) is 1.19. The Kier molecular flexibility index (Phi) is 5.69. The number of hydrogen-bond acceptors (Lipinski definition) is 6. The average Bonchev–Trinajstić information content (AvgIpc) is 2.73. The maximum atomic E-state index is 12.7. The molecule has 0 saturated carbocycles. The van der Waals surface area contributed by atoms with E-state index in [1.54, 1.807) is 31.4 Å². The smallest absolute Gasteiger partial charge is 0.289 e. The van der Waals surface area contributed by atoms with Crippen LogP contribution in [0.4, 0.5) is 11.4 Å². The van der Waals surface area contributed by atoms with E-state index in [1.807, 2.05) is 12.1 Å². The summed E-state index contributed by atoms with van der Waals surface area (Å²) in [4.78, 5) is 10.0. The van der Waals surface area contributed by atoms with Gasteiger partial charge in [0.1, 0.15) is 11.5 Å². The van der Waals surface area contributed by atoms with Crippen molar-refractivity contribution in [3.63, 3.8) is 0 Å². The molecule has 0 radical (unpaired) electrons. The zero-order valence-electron chi connectivity index (χ0n) is 15.7. The summed E-state index contributed by atoms with van der Waals surface area (Å²) < 4.78 is 38.4. The van der Waals surface area contributed by atoms with E-state index in [4.69, 9.17) is 9.47 Å². The molecule has 0 amide bonds. The van der Waals surface area contributed by atoms with E-state index in [0.29, 0.717) is 17.1 Å². The van der Waals surface area contributed by atoms with Gasteiger partial charge in [-0.1, -0.05) is 24.3 Å². The largest absolute Gasteiger partial charge is 0.497 e. The number of benzene rings is 3. The van der Waals surface area contributed by atoms with Gasteiger partial charge in [-0.2, -0.15) is 0 Å². The lowest BCUT2D eigenvalue weighted by molar-refractivity contribution is -0.387. The van der Waals surface area contributed by atoms with Crippen LogP contribution in [0.25, 0.3) is 11.1 Å². The minimum atomic E-state index is -4.17. The molecule has 8 nitrogen and oxygen atoms in total. The highest BCUT2D eigenvalue weighted by Crippen LogP contribution is 2.34. The first-order valence-corrected chi connectivity index (χ1v) is 9.92. The van der Waals surface area contributed by atoms with E-state index >= 15 is 0 Å². The van der Waals surface area contributed by atoms with Gasteiger partial charge >= 0.3 is 0 Å². The minimum absolute atomic E-state index is 0.245. The Balaban J connectivity index is 2.01. The zero-order valence-corrected chi connectivity index (χ0v) is 16.5. The summed E-state index contributed by atoms with van der Waals surface area (Å²) in [6.07, 6.45) is 0. The van der Waals surface area contributed by atoms with Gasteiger partial charge in [0.15, 0.2) is 4.90 Å². The van der Waals surface area contributed by atoms with Crippen LogP contribution in [0, 0.1) is 10.1 Å². The first-order valence-electron chi connectivity index (χ1n) is 8.44. The molecule has 0 unspecified atom stereocenters. The fraction of sp³-hybridized carbons (Fsp3) is 0.100. The molecule has 0 heterocycles. The Bertz CT molecular complexity index is 1140. The number of nitrogens with one attached hydrogen (secondary N) is 1. The number of sulfonamides is 1. The van der Waals surface area contributed by atoms with Gasteiger partial charge < -0.3 is 9.47 Å². The van der Waals surface area contributed by atoms with Crippen molar-refractivity contribution < 1.29 is 22.8 Å². The van der Waals surface area contributed by atoms with Crippen LogP contribution in [0.15, 0.2) is 71.6 Å². The molecule has 0 aromatic heterocycles. The predicted molar refractivity (Wildman–Crippen MR) is 109 cm³/mol. The third-order valence-electron chi connectivity index (χ3n) is 4.20. The second kappa shape index (κ2) is 8.19. The standard InChI is InChI=1S/C20H18N2O6S/c1-27-16-10-7-14(8-11-16)17-13-15(9-12-19(17)28-2)21-29(25,26)20-6-4-3-5-18(20)22(23)24/h3-13,21H,1-2H3. The van der Waals surface area contributed by atoms with Gasteiger partial charge in [-0.25, -0.2) is 8.42 Å². The molecular weight excluding hydrogens is 396 g/mol. The number of para-hydroxylation sites is 1. The van der Waals surface area contributed by atoms with Crippen molar-refractivity contribution in [2.45, 2.75) is 4.90 Å². The number of hydrogen-bond donors (Lipinski definition) is 1. The molecule has 3 aromatic carbocycles. The van der Waals surface area contributed by atoms with Gasteiger partial charge in [0, 0.05) is 17.3 Å². The number of methoxy groups -OCH3 is 2. The Morgan fingerprint density at radius 3 is 2.24 bits per heavy atom. The van der Waals surface area contributed by atoms with Crippen LogP contribution < -0.4 is 14.2 Å². The van der Waals surface area contributed by atoms with Crippen molar-refractivity contribution in [2.75, 3.05) is 18.9 Å². The first-order chi connectivity index (χ1) is 13.9. The quantitative estimate of drug-likeness (QED) is 0.461. The second-order valence-electron chi connectivity index (χ2n) is 5.97. The van der Waals surface area contributed by atoms with Crippen molar-refractivity contribution in [3.8, 4) is 22.6 Å². The lowest BCUT2D eigenvalue weighted by Gasteiger charge is -2.13. The Morgan fingerprint density at radius 2 is 1.62 bits per heavy atom. The van der Waals surface area contributed by atoms with Crippen LogP contribution in [0.1, 0.15) is 0 Å².